The van der Waals surface area contributed by atoms with Gasteiger partial charge in [-0.15, -0.1) is 0 Å². The molecule has 1 aliphatic carbocycles. The molecule has 1 heterocycles. The van der Waals surface area contributed by atoms with Gasteiger partial charge in [-0.2, -0.15) is 0 Å². The minimum absolute atomic E-state index is 0.220. The zero-order chi connectivity index (χ0) is 24.3. The third-order valence-electron chi connectivity index (χ3n) is 6.43. The van der Waals surface area contributed by atoms with Crippen molar-refractivity contribution in [2.24, 2.45) is 5.41 Å². The van der Waals surface area contributed by atoms with Gasteiger partial charge in [-0.1, -0.05) is 0 Å². The van der Waals surface area contributed by atoms with Crippen molar-refractivity contribution in [1.82, 2.24) is 4.98 Å². The molecule has 35 heavy (non-hydrogen) atoms. The molecule has 7 heteroatoms. The smallest absolute Gasteiger partial charge is 0.162 e. The zero-order valence-corrected chi connectivity index (χ0v) is 19.8. The molecule has 180 valence electrons. The van der Waals surface area contributed by atoms with E-state index in [0.29, 0.717) is 17.2 Å². The molecule has 1 aliphatic rings. The Morgan fingerprint density at radius 2 is 1.40 bits per heavy atom. The van der Waals surface area contributed by atoms with Crippen LogP contribution in [0.1, 0.15) is 12.8 Å². The summed E-state index contributed by atoms with van der Waals surface area (Å²) in [6.45, 7) is 1.73. The second-order valence-corrected chi connectivity index (χ2v) is 8.87. The van der Waals surface area contributed by atoms with Gasteiger partial charge < -0.3 is 24.8 Å². The number of hydrogen-bond acceptors (Lipinski definition) is 6. The van der Waals surface area contributed by atoms with E-state index in [1.807, 2.05) is 42.5 Å². The summed E-state index contributed by atoms with van der Waals surface area (Å²) in [6.07, 6.45) is 4.05. The lowest BCUT2D eigenvalue weighted by Crippen LogP contribution is -2.23. The Labute approximate surface area is 204 Å². The van der Waals surface area contributed by atoms with Gasteiger partial charge in [0.1, 0.15) is 17.3 Å². The number of fused-ring (bicyclic) bond motifs is 1. The van der Waals surface area contributed by atoms with Crippen LogP contribution in [0.15, 0.2) is 72.9 Å². The fourth-order valence-electron chi connectivity index (χ4n) is 4.04. The number of methoxy groups -OCH3 is 2. The molecule has 0 bridgehead atoms. The number of benzene rings is 3. The lowest BCUT2D eigenvalue weighted by atomic mass is 10.1. The van der Waals surface area contributed by atoms with Gasteiger partial charge in [0.25, 0.3) is 0 Å². The first-order valence-corrected chi connectivity index (χ1v) is 11.6. The summed E-state index contributed by atoms with van der Waals surface area (Å²) in [5.74, 6) is 2.46. The number of halogens is 1. The van der Waals surface area contributed by atoms with Crippen LogP contribution in [0.25, 0.3) is 10.9 Å². The Kier molecular flexibility index (Phi) is 6.31. The molecular formula is C28H28FN3O3. The average Bonchev–Trinajstić information content (AvgIpc) is 3.67. The Morgan fingerprint density at radius 3 is 2.00 bits per heavy atom. The topological polar surface area (TPSA) is 64.6 Å². The molecule has 0 atom stereocenters. The first-order chi connectivity index (χ1) is 17.1. The van der Waals surface area contributed by atoms with E-state index in [1.54, 1.807) is 32.5 Å². The molecule has 2 N–H and O–H groups in total. The monoisotopic (exact) mass is 473 g/mol. The Balaban J connectivity index is 1.21. The van der Waals surface area contributed by atoms with Crippen LogP contribution in [0.4, 0.5) is 15.8 Å². The molecule has 1 fully saturated rings. The highest BCUT2D eigenvalue weighted by molar-refractivity contribution is 5.88. The summed E-state index contributed by atoms with van der Waals surface area (Å²) < 4.78 is 30.1. The summed E-state index contributed by atoms with van der Waals surface area (Å²) in [5, 5.41) is 7.82. The summed E-state index contributed by atoms with van der Waals surface area (Å²) in [7, 11) is 3.21. The van der Waals surface area contributed by atoms with Crippen LogP contribution in [-0.2, 0) is 0 Å². The van der Waals surface area contributed by atoms with Crippen LogP contribution in [0.5, 0.6) is 23.0 Å². The fraction of sp³-hybridized carbons (Fsp3) is 0.250. The highest BCUT2D eigenvalue weighted by atomic mass is 19.1. The highest BCUT2D eigenvalue weighted by Gasteiger charge is 2.42. The molecular weight excluding hydrogens is 445 g/mol. The van der Waals surface area contributed by atoms with Crippen molar-refractivity contribution in [2.45, 2.75) is 12.8 Å². The fourth-order valence-corrected chi connectivity index (χ4v) is 4.04. The summed E-state index contributed by atoms with van der Waals surface area (Å²) in [4.78, 5) is 4.43. The molecule has 0 aliphatic heterocycles. The van der Waals surface area contributed by atoms with Crippen molar-refractivity contribution in [3.63, 3.8) is 0 Å². The van der Waals surface area contributed by atoms with Crippen molar-refractivity contribution >= 4 is 22.3 Å². The van der Waals surface area contributed by atoms with E-state index in [9.17, 15) is 4.39 Å². The van der Waals surface area contributed by atoms with E-state index in [0.717, 1.165) is 41.1 Å². The van der Waals surface area contributed by atoms with Gasteiger partial charge in [0, 0.05) is 47.5 Å². The maximum absolute atomic E-state index is 13.1. The summed E-state index contributed by atoms with van der Waals surface area (Å²) in [6, 6.07) is 20.0. The molecule has 6 nitrogen and oxygen atoms in total. The number of ether oxygens (including phenoxy) is 3. The van der Waals surface area contributed by atoms with Gasteiger partial charge in [-0.25, -0.2) is 4.39 Å². The van der Waals surface area contributed by atoms with Gasteiger partial charge in [-0.05, 0) is 73.5 Å². The van der Waals surface area contributed by atoms with Gasteiger partial charge in [0.15, 0.2) is 11.5 Å². The van der Waals surface area contributed by atoms with Crippen LogP contribution < -0.4 is 24.8 Å². The van der Waals surface area contributed by atoms with Crippen LogP contribution in [0.2, 0.25) is 0 Å². The second-order valence-electron chi connectivity index (χ2n) is 8.87. The number of anilines is 2. The maximum atomic E-state index is 13.1. The number of nitrogens with zero attached hydrogens (tertiary/aromatic N) is 1. The van der Waals surface area contributed by atoms with Gasteiger partial charge in [-0.3, -0.25) is 4.98 Å². The van der Waals surface area contributed by atoms with E-state index >= 15 is 0 Å². The lowest BCUT2D eigenvalue weighted by molar-refractivity contribution is 0.355. The van der Waals surface area contributed by atoms with E-state index in [4.69, 9.17) is 14.2 Å². The Morgan fingerprint density at radius 1 is 0.800 bits per heavy atom. The predicted molar refractivity (Wildman–Crippen MR) is 136 cm³/mol. The molecule has 0 amide bonds. The molecule has 0 radical (unpaired) electrons. The normalized spacial score (nSPS) is 13.8. The largest absolute Gasteiger partial charge is 0.493 e. The molecule has 1 aromatic heterocycles. The van der Waals surface area contributed by atoms with E-state index in [2.05, 4.69) is 15.6 Å². The molecule has 1 saturated carbocycles. The molecule has 0 saturated heterocycles. The number of aromatic nitrogens is 1. The Hall–Kier alpha value is -4.00. The van der Waals surface area contributed by atoms with Gasteiger partial charge in [0.2, 0.25) is 0 Å². The van der Waals surface area contributed by atoms with Crippen molar-refractivity contribution in [3.05, 3.63) is 78.7 Å². The van der Waals surface area contributed by atoms with Crippen molar-refractivity contribution in [3.8, 4) is 23.0 Å². The zero-order valence-electron chi connectivity index (χ0n) is 19.8. The van der Waals surface area contributed by atoms with Gasteiger partial charge >= 0.3 is 0 Å². The lowest BCUT2D eigenvalue weighted by Gasteiger charge is -2.18. The standard InChI is InChI=1S/C28H28FN3O3/c1-33-26-15-23-24(16-27(26)34-2)30-14-11-25(23)35-22-9-7-21(8-10-22)32-18-28(12-13-28)17-31-20-5-3-19(29)4-6-20/h3-11,14-16,31-32H,12-13,17-18H2,1-2H3. The van der Waals surface area contributed by atoms with E-state index in [1.165, 1.54) is 25.0 Å². The summed E-state index contributed by atoms with van der Waals surface area (Å²) in [5.41, 5.74) is 2.97. The molecule has 0 unspecified atom stereocenters. The van der Waals surface area contributed by atoms with Crippen LogP contribution in [0.3, 0.4) is 0 Å². The second kappa shape index (κ2) is 9.70. The Bertz CT molecular complexity index is 1310. The van der Waals surface area contributed by atoms with Gasteiger partial charge in [0.05, 0.1) is 19.7 Å². The first-order valence-electron chi connectivity index (χ1n) is 11.6. The van der Waals surface area contributed by atoms with E-state index < -0.39 is 0 Å². The quantitative estimate of drug-likeness (QED) is 0.275. The number of rotatable bonds is 10. The summed E-state index contributed by atoms with van der Waals surface area (Å²) >= 11 is 0. The number of hydrogen-bond donors (Lipinski definition) is 2. The molecule has 4 aromatic rings. The molecule has 0 spiro atoms. The minimum Gasteiger partial charge on any atom is -0.493 e. The predicted octanol–water partition coefficient (Wildman–Crippen LogP) is 6.49. The maximum Gasteiger partial charge on any atom is 0.162 e. The minimum atomic E-state index is -0.220. The number of nitrogens with one attached hydrogen (secondary N) is 2. The van der Waals surface area contributed by atoms with Crippen LogP contribution in [0, 0.1) is 11.2 Å². The third kappa shape index (κ3) is 5.24. The van der Waals surface area contributed by atoms with Crippen molar-refractivity contribution < 1.29 is 18.6 Å². The van der Waals surface area contributed by atoms with E-state index in [-0.39, 0.29) is 11.2 Å². The van der Waals surface area contributed by atoms with Crippen molar-refractivity contribution in [1.29, 1.82) is 0 Å². The first kappa shape index (κ1) is 22.8. The van der Waals surface area contributed by atoms with Crippen LogP contribution in [-0.4, -0.2) is 32.3 Å². The SMILES string of the molecule is COc1cc2nccc(Oc3ccc(NCC4(CNc5ccc(F)cc5)CC4)cc3)c2cc1OC. The third-order valence-corrected chi connectivity index (χ3v) is 6.43. The molecule has 5 rings (SSSR count). The number of pyridine rings is 1. The molecule has 3 aromatic carbocycles. The highest BCUT2D eigenvalue weighted by Crippen LogP contribution is 2.45. The van der Waals surface area contributed by atoms with Crippen molar-refractivity contribution in [2.75, 3.05) is 37.9 Å². The van der Waals surface area contributed by atoms with Crippen LogP contribution >= 0.6 is 0 Å². The average molecular weight is 474 g/mol.